The summed E-state index contributed by atoms with van der Waals surface area (Å²) in [5.41, 5.74) is 1.12. The normalized spacial score (nSPS) is 12.1. The van der Waals surface area contributed by atoms with Crippen molar-refractivity contribution in [1.29, 1.82) is 0 Å². The van der Waals surface area contributed by atoms with Gasteiger partial charge in [0.1, 0.15) is 0 Å². The van der Waals surface area contributed by atoms with Crippen LogP contribution in [0.3, 0.4) is 0 Å². The Morgan fingerprint density at radius 3 is 2.43 bits per heavy atom. The number of benzene rings is 1. The summed E-state index contributed by atoms with van der Waals surface area (Å²) in [4.78, 5) is 12.3. The zero-order valence-electron chi connectivity index (χ0n) is 14.8. The van der Waals surface area contributed by atoms with E-state index in [9.17, 15) is 9.90 Å². The molecular weight excluding hydrogens is 310 g/mol. The topological polar surface area (TPSA) is 49.3 Å². The van der Waals surface area contributed by atoms with Gasteiger partial charge in [-0.3, -0.25) is 4.79 Å². The van der Waals surface area contributed by atoms with Gasteiger partial charge in [-0.2, -0.15) is 0 Å². The molecule has 0 fully saturated rings. The highest BCUT2D eigenvalue weighted by Gasteiger charge is 2.27. The van der Waals surface area contributed by atoms with Crippen LogP contribution in [0.5, 0.6) is 0 Å². The first-order chi connectivity index (χ1) is 10.4. The molecule has 0 atom stereocenters. The number of amides is 1. The minimum Gasteiger partial charge on any atom is -0.512 e. The molecule has 0 aromatic heterocycles. The Bertz CT molecular complexity index is 591. The molecule has 0 aliphatic heterocycles. The molecule has 2 N–H and O–H groups in total. The molecule has 0 saturated carbocycles. The van der Waals surface area contributed by atoms with Crippen molar-refractivity contribution in [3.8, 4) is 0 Å². The van der Waals surface area contributed by atoms with Crippen LogP contribution in [0, 0.1) is 17.8 Å². The summed E-state index contributed by atoms with van der Waals surface area (Å²) in [7, 11) is 0. The average Bonchev–Trinajstić information content (AvgIpc) is 2.45. The summed E-state index contributed by atoms with van der Waals surface area (Å²) in [6.45, 7) is 14.2. The summed E-state index contributed by atoms with van der Waals surface area (Å²) in [6, 6.07) is 5.32. The smallest absolute Gasteiger partial charge is 0.251 e. The molecule has 128 valence electrons. The van der Waals surface area contributed by atoms with E-state index in [0.29, 0.717) is 17.1 Å². The van der Waals surface area contributed by atoms with E-state index in [2.05, 4.69) is 25.7 Å². The number of carbonyl (C=O) groups is 1. The fourth-order valence-corrected chi connectivity index (χ4v) is 2.31. The Kier molecular flexibility index (Phi) is 6.29. The Balaban J connectivity index is 2.63. The first kappa shape index (κ1) is 19.6. The third-order valence-corrected chi connectivity index (χ3v) is 4.61. The van der Waals surface area contributed by atoms with E-state index in [1.807, 2.05) is 26.8 Å². The monoisotopic (exact) mass is 337 g/mol. The first-order valence-electron chi connectivity index (χ1n) is 7.87. The van der Waals surface area contributed by atoms with Crippen molar-refractivity contribution in [2.45, 2.75) is 47.5 Å². The number of allylic oxidation sites excluding steroid dienone is 1. The Morgan fingerprint density at radius 2 is 1.87 bits per heavy atom. The Hall–Kier alpha value is -1.48. The number of carbonyl (C=O) groups excluding carboxylic acids is 1. The van der Waals surface area contributed by atoms with Crippen molar-refractivity contribution in [2.75, 3.05) is 6.54 Å². The fourth-order valence-electron chi connectivity index (χ4n) is 2.14. The molecule has 0 aliphatic rings. The van der Waals surface area contributed by atoms with E-state index < -0.39 is 0 Å². The van der Waals surface area contributed by atoms with Crippen molar-refractivity contribution in [3.05, 3.63) is 46.7 Å². The van der Waals surface area contributed by atoms with Crippen molar-refractivity contribution in [2.24, 2.45) is 10.8 Å². The van der Waals surface area contributed by atoms with Crippen LogP contribution in [-0.4, -0.2) is 17.6 Å². The van der Waals surface area contributed by atoms with Crippen molar-refractivity contribution >= 4 is 17.5 Å². The summed E-state index contributed by atoms with van der Waals surface area (Å²) in [5, 5.41) is 13.2. The quantitative estimate of drug-likeness (QED) is 0.665. The maximum absolute atomic E-state index is 12.3. The summed E-state index contributed by atoms with van der Waals surface area (Å²) in [6.07, 6.45) is 1.68. The van der Waals surface area contributed by atoms with Crippen LogP contribution in [0.15, 0.2) is 30.5 Å². The molecule has 4 heteroatoms. The lowest BCUT2D eigenvalue weighted by Gasteiger charge is -2.30. The minimum atomic E-state index is -0.315. The molecule has 1 aromatic rings. The zero-order valence-corrected chi connectivity index (χ0v) is 15.5. The molecule has 0 saturated heterocycles. The van der Waals surface area contributed by atoms with Gasteiger partial charge in [0, 0.05) is 22.5 Å². The number of rotatable bonds is 7. The molecule has 0 aliphatic carbocycles. The fraction of sp³-hybridized carbons (Fsp3) is 0.526. The van der Waals surface area contributed by atoms with Gasteiger partial charge in [0.05, 0.1) is 5.76 Å². The standard InChI is InChI=1S/C19H28ClNO2/c1-13-7-8-15(20)11-16(13)17(23)21-12-18(3,4)9-10-19(5,6)14(2)22/h7-8,11,22H,2,9-10,12H2,1,3-6H3,(H,21,23). The van der Waals surface area contributed by atoms with E-state index in [4.69, 9.17) is 11.6 Å². The largest absolute Gasteiger partial charge is 0.512 e. The highest BCUT2D eigenvalue weighted by atomic mass is 35.5. The van der Waals surface area contributed by atoms with Crippen LogP contribution in [0.25, 0.3) is 0 Å². The number of halogens is 1. The van der Waals surface area contributed by atoms with E-state index in [0.717, 1.165) is 18.4 Å². The van der Waals surface area contributed by atoms with Gasteiger partial charge < -0.3 is 10.4 Å². The lowest BCUT2D eigenvalue weighted by Crippen LogP contribution is -2.35. The van der Waals surface area contributed by atoms with Crippen LogP contribution in [-0.2, 0) is 0 Å². The molecule has 3 nitrogen and oxygen atoms in total. The van der Waals surface area contributed by atoms with Crippen LogP contribution < -0.4 is 5.32 Å². The number of aliphatic hydroxyl groups is 1. The number of nitrogens with one attached hydrogen (secondary N) is 1. The lowest BCUT2D eigenvalue weighted by molar-refractivity contribution is 0.0929. The van der Waals surface area contributed by atoms with Gasteiger partial charge in [0.2, 0.25) is 0 Å². The predicted molar refractivity (Wildman–Crippen MR) is 97.1 cm³/mol. The van der Waals surface area contributed by atoms with E-state index in [1.165, 1.54) is 0 Å². The second kappa shape index (κ2) is 7.39. The molecule has 1 aromatic carbocycles. The van der Waals surface area contributed by atoms with Gasteiger partial charge in [0.15, 0.2) is 0 Å². The first-order valence-corrected chi connectivity index (χ1v) is 8.25. The van der Waals surface area contributed by atoms with Crippen molar-refractivity contribution in [1.82, 2.24) is 5.32 Å². The molecule has 1 rings (SSSR count). The highest BCUT2D eigenvalue weighted by molar-refractivity contribution is 6.31. The highest BCUT2D eigenvalue weighted by Crippen LogP contribution is 2.34. The zero-order chi connectivity index (χ0) is 17.8. The van der Waals surface area contributed by atoms with Gasteiger partial charge in [0.25, 0.3) is 5.91 Å². The maximum Gasteiger partial charge on any atom is 0.251 e. The lowest BCUT2D eigenvalue weighted by atomic mass is 9.78. The molecule has 0 bridgehead atoms. The van der Waals surface area contributed by atoms with Crippen molar-refractivity contribution < 1.29 is 9.90 Å². The molecule has 1 amide bonds. The average molecular weight is 338 g/mol. The third-order valence-electron chi connectivity index (χ3n) is 4.38. The van der Waals surface area contributed by atoms with Crippen LogP contribution in [0.2, 0.25) is 5.02 Å². The Labute approximate surface area is 144 Å². The van der Waals surface area contributed by atoms with E-state index in [-0.39, 0.29) is 22.5 Å². The predicted octanol–water partition coefficient (Wildman–Crippen LogP) is 5.28. The van der Waals surface area contributed by atoms with Crippen LogP contribution in [0.4, 0.5) is 0 Å². The Morgan fingerprint density at radius 1 is 1.26 bits per heavy atom. The second-order valence-corrected chi connectivity index (χ2v) is 8.07. The molecule has 0 radical (unpaired) electrons. The molecule has 0 heterocycles. The summed E-state index contributed by atoms with van der Waals surface area (Å²) < 4.78 is 0. The third kappa shape index (κ3) is 5.91. The molecule has 0 unspecified atom stereocenters. The van der Waals surface area contributed by atoms with E-state index >= 15 is 0 Å². The number of aliphatic hydroxyl groups excluding tert-OH is 1. The minimum absolute atomic E-state index is 0.0745. The van der Waals surface area contributed by atoms with Gasteiger partial charge in [-0.1, -0.05) is 51.9 Å². The second-order valence-electron chi connectivity index (χ2n) is 7.64. The van der Waals surface area contributed by atoms with Gasteiger partial charge >= 0.3 is 0 Å². The van der Waals surface area contributed by atoms with Crippen LogP contribution in [0.1, 0.15) is 56.5 Å². The van der Waals surface area contributed by atoms with Crippen LogP contribution >= 0.6 is 11.6 Å². The molecule has 0 spiro atoms. The summed E-state index contributed by atoms with van der Waals surface area (Å²) >= 11 is 5.97. The number of hydrogen-bond donors (Lipinski definition) is 2. The number of hydrogen-bond acceptors (Lipinski definition) is 2. The maximum atomic E-state index is 12.3. The van der Waals surface area contributed by atoms with Gasteiger partial charge in [-0.25, -0.2) is 0 Å². The van der Waals surface area contributed by atoms with Gasteiger partial charge in [-0.15, -0.1) is 0 Å². The summed E-state index contributed by atoms with van der Waals surface area (Å²) in [5.74, 6) is 0.0933. The van der Waals surface area contributed by atoms with Crippen molar-refractivity contribution in [3.63, 3.8) is 0 Å². The molecule has 23 heavy (non-hydrogen) atoms. The van der Waals surface area contributed by atoms with E-state index in [1.54, 1.807) is 12.1 Å². The number of aryl methyl sites for hydroxylation is 1. The molecular formula is C19H28ClNO2. The van der Waals surface area contributed by atoms with Gasteiger partial charge in [-0.05, 0) is 42.9 Å². The SMILES string of the molecule is C=C(O)C(C)(C)CCC(C)(C)CNC(=O)c1cc(Cl)ccc1C.